The minimum Gasteiger partial charge on any atom is -0.347 e. The molecule has 1 amide bonds. The third kappa shape index (κ3) is 3.16. The highest BCUT2D eigenvalue weighted by Crippen LogP contribution is 2.24. The lowest BCUT2D eigenvalue weighted by molar-refractivity contribution is 0.0944. The molecule has 118 valence electrons. The Bertz CT molecular complexity index is 890. The van der Waals surface area contributed by atoms with Crippen LogP contribution in [0, 0.1) is 12.7 Å². The summed E-state index contributed by atoms with van der Waals surface area (Å²) in [5.74, 6) is -0.625. The van der Waals surface area contributed by atoms with Gasteiger partial charge in [0.2, 0.25) is 0 Å². The van der Waals surface area contributed by atoms with Gasteiger partial charge in [-0.3, -0.25) is 9.20 Å². The summed E-state index contributed by atoms with van der Waals surface area (Å²) in [6, 6.07) is 7.50. The number of imidazole rings is 1. The topological polar surface area (TPSA) is 46.4 Å². The Balaban J connectivity index is 1.89. The fourth-order valence-corrected chi connectivity index (χ4v) is 2.84. The number of pyridine rings is 1. The molecule has 0 atom stereocenters. The number of halogens is 3. The van der Waals surface area contributed by atoms with Crippen molar-refractivity contribution in [3.8, 4) is 0 Å². The van der Waals surface area contributed by atoms with Crippen LogP contribution in [0.4, 0.5) is 4.39 Å². The summed E-state index contributed by atoms with van der Waals surface area (Å²) in [5, 5.41) is 3.57. The summed E-state index contributed by atoms with van der Waals surface area (Å²) in [7, 11) is 0. The zero-order valence-corrected chi connectivity index (χ0v) is 13.6. The lowest BCUT2D eigenvalue weighted by atomic mass is 10.2. The Morgan fingerprint density at radius 3 is 2.70 bits per heavy atom. The number of aryl methyl sites for hydroxylation is 1. The lowest BCUT2D eigenvalue weighted by Crippen LogP contribution is -2.25. The second-order valence-corrected chi connectivity index (χ2v) is 5.90. The minimum atomic E-state index is -0.318. The van der Waals surface area contributed by atoms with E-state index in [2.05, 4.69) is 10.3 Å². The standard InChI is InChI=1S/C16H12Cl2FN3O/c1-9-14(22-8-11(17)6-13(18)15(22)21-9)16(23)20-7-10-2-4-12(19)5-3-10/h2-6,8H,7H2,1H3,(H,20,23). The summed E-state index contributed by atoms with van der Waals surface area (Å²) >= 11 is 12.1. The second kappa shape index (κ2) is 6.18. The SMILES string of the molecule is Cc1nc2c(Cl)cc(Cl)cn2c1C(=O)NCc1ccc(F)cc1. The molecule has 0 unspecified atom stereocenters. The zero-order valence-electron chi connectivity index (χ0n) is 12.1. The predicted molar refractivity (Wildman–Crippen MR) is 87.5 cm³/mol. The summed E-state index contributed by atoms with van der Waals surface area (Å²) in [6.07, 6.45) is 1.59. The summed E-state index contributed by atoms with van der Waals surface area (Å²) in [4.78, 5) is 16.8. The van der Waals surface area contributed by atoms with Gasteiger partial charge in [0.15, 0.2) is 5.65 Å². The van der Waals surface area contributed by atoms with Gasteiger partial charge in [0, 0.05) is 12.7 Å². The monoisotopic (exact) mass is 351 g/mol. The molecule has 3 aromatic rings. The fraction of sp³-hybridized carbons (Fsp3) is 0.125. The van der Waals surface area contributed by atoms with Gasteiger partial charge in [0.05, 0.1) is 15.7 Å². The maximum Gasteiger partial charge on any atom is 0.270 e. The third-order valence-corrected chi connectivity index (χ3v) is 3.88. The third-order valence-electron chi connectivity index (χ3n) is 3.40. The van der Waals surface area contributed by atoms with E-state index in [4.69, 9.17) is 23.2 Å². The molecule has 0 aliphatic rings. The molecule has 23 heavy (non-hydrogen) atoms. The van der Waals surface area contributed by atoms with Crippen LogP contribution in [0.25, 0.3) is 5.65 Å². The number of hydrogen-bond acceptors (Lipinski definition) is 2. The molecule has 1 aromatic carbocycles. The van der Waals surface area contributed by atoms with Crippen molar-refractivity contribution in [3.63, 3.8) is 0 Å². The number of hydrogen-bond donors (Lipinski definition) is 1. The lowest BCUT2D eigenvalue weighted by Gasteiger charge is -2.07. The molecule has 0 aliphatic heterocycles. The van der Waals surface area contributed by atoms with Crippen molar-refractivity contribution in [1.82, 2.24) is 14.7 Å². The number of carbonyl (C=O) groups is 1. The van der Waals surface area contributed by atoms with E-state index in [9.17, 15) is 9.18 Å². The van der Waals surface area contributed by atoms with Crippen molar-refractivity contribution in [2.45, 2.75) is 13.5 Å². The molecule has 0 saturated carbocycles. The van der Waals surface area contributed by atoms with Crippen LogP contribution in [-0.4, -0.2) is 15.3 Å². The van der Waals surface area contributed by atoms with Gasteiger partial charge >= 0.3 is 0 Å². The maximum absolute atomic E-state index is 12.9. The summed E-state index contributed by atoms with van der Waals surface area (Å²) in [5.41, 5.74) is 2.18. The molecule has 0 radical (unpaired) electrons. The Morgan fingerprint density at radius 2 is 2.00 bits per heavy atom. The molecule has 2 aromatic heterocycles. The van der Waals surface area contributed by atoms with Gasteiger partial charge < -0.3 is 5.32 Å². The molecule has 2 heterocycles. The first-order chi connectivity index (χ1) is 11.0. The van der Waals surface area contributed by atoms with Gasteiger partial charge in [-0.05, 0) is 30.7 Å². The molecule has 0 saturated heterocycles. The van der Waals surface area contributed by atoms with Crippen molar-refractivity contribution in [3.05, 3.63) is 69.3 Å². The molecule has 1 N–H and O–H groups in total. The smallest absolute Gasteiger partial charge is 0.270 e. The highest BCUT2D eigenvalue weighted by molar-refractivity contribution is 6.36. The van der Waals surface area contributed by atoms with Crippen LogP contribution in [0.2, 0.25) is 10.0 Å². The van der Waals surface area contributed by atoms with E-state index in [1.807, 2.05) is 0 Å². The van der Waals surface area contributed by atoms with Crippen molar-refractivity contribution in [2.24, 2.45) is 0 Å². The van der Waals surface area contributed by atoms with Crippen molar-refractivity contribution < 1.29 is 9.18 Å². The van der Waals surface area contributed by atoms with Crippen molar-refractivity contribution >= 4 is 34.8 Å². The molecule has 3 rings (SSSR count). The number of nitrogens with zero attached hydrogens (tertiary/aromatic N) is 2. The van der Waals surface area contributed by atoms with Crippen LogP contribution in [0.5, 0.6) is 0 Å². The van der Waals surface area contributed by atoms with E-state index in [1.54, 1.807) is 35.7 Å². The Hall–Kier alpha value is -2.11. The number of fused-ring (bicyclic) bond motifs is 1. The summed E-state index contributed by atoms with van der Waals surface area (Å²) < 4.78 is 14.5. The first kappa shape index (κ1) is 15.8. The first-order valence-corrected chi connectivity index (χ1v) is 7.57. The largest absolute Gasteiger partial charge is 0.347 e. The maximum atomic E-state index is 12.9. The van der Waals surface area contributed by atoms with Gasteiger partial charge in [-0.1, -0.05) is 35.3 Å². The summed E-state index contributed by atoms with van der Waals surface area (Å²) in [6.45, 7) is 2.00. The molecule has 0 bridgehead atoms. The number of rotatable bonds is 3. The van der Waals surface area contributed by atoms with Crippen LogP contribution >= 0.6 is 23.2 Å². The number of aromatic nitrogens is 2. The molecular weight excluding hydrogens is 340 g/mol. The van der Waals surface area contributed by atoms with Gasteiger partial charge in [0.25, 0.3) is 5.91 Å². The first-order valence-electron chi connectivity index (χ1n) is 6.82. The molecule has 0 aliphatic carbocycles. The number of nitrogens with one attached hydrogen (secondary N) is 1. The van der Waals surface area contributed by atoms with Gasteiger partial charge in [-0.25, -0.2) is 9.37 Å². The molecular formula is C16H12Cl2FN3O. The highest BCUT2D eigenvalue weighted by atomic mass is 35.5. The zero-order chi connectivity index (χ0) is 16.6. The van der Waals surface area contributed by atoms with E-state index in [0.717, 1.165) is 5.56 Å². The van der Waals surface area contributed by atoms with Crippen LogP contribution in [-0.2, 0) is 6.54 Å². The van der Waals surface area contributed by atoms with Gasteiger partial charge in [0.1, 0.15) is 11.5 Å². The van der Waals surface area contributed by atoms with Crippen LogP contribution in [0.15, 0.2) is 36.5 Å². The number of benzene rings is 1. The molecule has 0 fully saturated rings. The van der Waals surface area contributed by atoms with Crippen molar-refractivity contribution in [2.75, 3.05) is 0 Å². The predicted octanol–water partition coefficient (Wildman–Crippen LogP) is 4.02. The molecule has 4 nitrogen and oxygen atoms in total. The number of carbonyl (C=O) groups excluding carboxylic acids is 1. The average Bonchev–Trinajstić information content (AvgIpc) is 2.83. The quantitative estimate of drug-likeness (QED) is 0.774. The van der Waals surface area contributed by atoms with Crippen molar-refractivity contribution in [1.29, 1.82) is 0 Å². The van der Waals surface area contributed by atoms with E-state index in [0.29, 0.717) is 27.1 Å². The van der Waals surface area contributed by atoms with Gasteiger partial charge in [-0.2, -0.15) is 0 Å². The second-order valence-electron chi connectivity index (χ2n) is 5.05. The average molecular weight is 352 g/mol. The molecule has 7 heteroatoms. The number of amides is 1. The van der Waals surface area contributed by atoms with Crippen LogP contribution in [0.1, 0.15) is 21.7 Å². The van der Waals surface area contributed by atoms with E-state index in [-0.39, 0.29) is 18.3 Å². The van der Waals surface area contributed by atoms with Gasteiger partial charge in [-0.15, -0.1) is 0 Å². The van der Waals surface area contributed by atoms with E-state index >= 15 is 0 Å². The van der Waals surface area contributed by atoms with Crippen LogP contribution in [0.3, 0.4) is 0 Å². The fourth-order valence-electron chi connectivity index (χ4n) is 2.33. The van der Waals surface area contributed by atoms with E-state index in [1.165, 1.54) is 12.1 Å². The van der Waals surface area contributed by atoms with Crippen LogP contribution < -0.4 is 5.32 Å². The highest BCUT2D eigenvalue weighted by Gasteiger charge is 2.18. The Labute approximate surface area is 141 Å². The minimum absolute atomic E-state index is 0.278. The Morgan fingerprint density at radius 1 is 1.30 bits per heavy atom. The Kier molecular flexibility index (Phi) is 4.24. The normalized spacial score (nSPS) is 11.0. The van der Waals surface area contributed by atoms with E-state index < -0.39 is 0 Å². The molecule has 0 spiro atoms.